The van der Waals surface area contributed by atoms with E-state index in [1.54, 1.807) is 6.92 Å². The number of esters is 1. The summed E-state index contributed by atoms with van der Waals surface area (Å²) < 4.78 is 26.3. The van der Waals surface area contributed by atoms with Crippen molar-refractivity contribution in [1.82, 2.24) is 0 Å². The van der Waals surface area contributed by atoms with Gasteiger partial charge in [-0.05, 0) is 13.3 Å². The lowest BCUT2D eigenvalue weighted by molar-refractivity contribution is -0.142. The van der Waals surface area contributed by atoms with E-state index >= 15 is 0 Å². The van der Waals surface area contributed by atoms with Crippen molar-refractivity contribution in [3.8, 4) is 0 Å². The van der Waals surface area contributed by atoms with Crippen molar-refractivity contribution < 1.29 is 23.1 Å². The molecule has 94 valence electrons. The number of rotatable bonds is 9. The first-order valence-corrected chi connectivity index (χ1v) is 6.86. The van der Waals surface area contributed by atoms with Gasteiger partial charge in [0.1, 0.15) is 6.61 Å². The molecule has 0 aliphatic carbocycles. The van der Waals surface area contributed by atoms with Gasteiger partial charge in [-0.1, -0.05) is 12.7 Å². The van der Waals surface area contributed by atoms with Gasteiger partial charge in [-0.25, -0.2) is 0 Å². The average molecular weight is 250 g/mol. The Balaban J connectivity index is 3.82. The maximum Gasteiger partial charge on any atom is 0.330 e. The van der Waals surface area contributed by atoms with E-state index in [1.807, 2.05) is 0 Å². The van der Waals surface area contributed by atoms with E-state index < -0.39 is 7.60 Å². The van der Waals surface area contributed by atoms with Gasteiger partial charge in [-0.2, -0.15) is 0 Å². The van der Waals surface area contributed by atoms with E-state index in [0.717, 1.165) is 0 Å². The zero-order valence-electron chi connectivity index (χ0n) is 9.81. The van der Waals surface area contributed by atoms with Crippen LogP contribution in [0.2, 0.25) is 0 Å². The van der Waals surface area contributed by atoms with E-state index in [1.165, 1.54) is 13.2 Å². The van der Waals surface area contributed by atoms with Crippen LogP contribution in [0, 0.1) is 0 Å². The van der Waals surface area contributed by atoms with Gasteiger partial charge in [-0.3, -0.25) is 9.36 Å². The summed E-state index contributed by atoms with van der Waals surface area (Å²) in [7, 11) is -1.67. The molecule has 0 aromatic rings. The van der Waals surface area contributed by atoms with Crippen molar-refractivity contribution >= 4 is 13.6 Å². The molecule has 0 heterocycles. The Morgan fingerprint density at radius 2 is 2.19 bits per heavy atom. The van der Waals surface area contributed by atoms with Gasteiger partial charge < -0.3 is 13.8 Å². The summed E-state index contributed by atoms with van der Waals surface area (Å²) in [5.41, 5.74) is 0. The molecule has 0 spiro atoms. The Bertz CT molecular complexity index is 264. The second kappa shape index (κ2) is 8.50. The highest BCUT2D eigenvalue weighted by atomic mass is 31.2. The van der Waals surface area contributed by atoms with Crippen LogP contribution in [0.5, 0.6) is 0 Å². The summed E-state index contributed by atoms with van der Waals surface area (Å²) in [6.45, 7) is 5.69. The maximum absolute atomic E-state index is 11.8. The molecule has 0 fully saturated rings. The van der Waals surface area contributed by atoms with Gasteiger partial charge in [0.2, 0.25) is 0 Å². The standard InChI is InChI=1S/C10H19O5P/c1-4-8-14-10(11)7-6-9-16(12,13-3)15-5-2/h4H,1,5-9H2,2-3H3/t16-/m1/s1. The molecule has 5 nitrogen and oxygen atoms in total. The molecule has 6 heteroatoms. The van der Waals surface area contributed by atoms with E-state index in [2.05, 4.69) is 6.58 Å². The second-order valence-corrected chi connectivity index (χ2v) is 5.30. The van der Waals surface area contributed by atoms with Crippen LogP contribution in [0.3, 0.4) is 0 Å². The maximum atomic E-state index is 11.8. The molecule has 0 aromatic carbocycles. The van der Waals surface area contributed by atoms with Crippen LogP contribution in [0.15, 0.2) is 12.7 Å². The summed E-state index contributed by atoms with van der Waals surface area (Å²) in [6.07, 6.45) is 2.34. The Kier molecular flexibility index (Phi) is 8.16. The first-order chi connectivity index (χ1) is 7.58. The lowest BCUT2D eigenvalue weighted by Crippen LogP contribution is -2.06. The van der Waals surface area contributed by atoms with Crippen LogP contribution in [-0.2, 0) is 23.1 Å². The van der Waals surface area contributed by atoms with Gasteiger partial charge >= 0.3 is 13.6 Å². The number of carbonyl (C=O) groups excluding carboxylic acids is 1. The molecule has 1 atom stereocenters. The van der Waals surface area contributed by atoms with Crippen LogP contribution in [-0.4, -0.2) is 32.5 Å². The van der Waals surface area contributed by atoms with Gasteiger partial charge in [-0.15, -0.1) is 0 Å². The Labute approximate surface area is 96.3 Å². The third kappa shape index (κ3) is 6.77. The average Bonchev–Trinajstić information content (AvgIpc) is 2.26. The van der Waals surface area contributed by atoms with E-state index in [4.69, 9.17) is 13.8 Å². The number of ether oxygens (including phenoxy) is 1. The van der Waals surface area contributed by atoms with Crippen LogP contribution in [0.4, 0.5) is 0 Å². The van der Waals surface area contributed by atoms with E-state index in [0.29, 0.717) is 13.0 Å². The minimum absolute atomic E-state index is 0.201. The fourth-order valence-corrected chi connectivity index (χ4v) is 2.40. The number of hydrogen-bond donors (Lipinski definition) is 0. The predicted molar refractivity (Wildman–Crippen MR) is 61.5 cm³/mol. The summed E-state index contributed by atoms with van der Waals surface area (Å²) in [4.78, 5) is 11.1. The fraction of sp³-hybridized carbons (Fsp3) is 0.700. The minimum atomic E-state index is -3.01. The van der Waals surface area contributed by atoms with E-state index in [-0.39, 0.29) is 25.2 Å². The molecule has 0 aliphatic rings. The lowest BCUT2D eigenvalue weighted by Gasteiger charge is -2.14. The first kappa shape index (κ1) is 15.4. The molecule has 0 aliphatic heterocycles. The quantitative estimate of drug-likeness (QED) is 0.357. The minimum Gasteiger partial charge on any atom is -0.461 e. The van der Waals surface area contributed by atoms with Crippen LogP contribution < -0.4 is 0 Å². The van der Waals surface area contributed by atoms with Crippen molar-refractivity contribution in [3.05, 3.63) is 12.7 Å². The smallest absolute Gasteiger partial charge is 0.330 e. The van der Waals surface area contributed by atoms with E-state index in [9.17, 15) is 9.36 Å². The van der Waals surface area contributed by atoms with Crippen LogP contribution >= 0.6 is 7.60 Å². The Hall–Kier alpha value is -0.640. The molecule has 0 unspecified atom stereocenters. The Morgan fingerprint density at radius 3 is 2.69 bits per heavy atom. The van der Waals surface area contributed by atoms with Gasteiger partial charge in [0.05, 0.1) is 12.8 Å². The van der Waals surface area contributed by atoms with Crippen molar-refractivity contribution in [2.45, 2.75) is 19.8 Å². The molecule has 0 N–H and O–H groups in total. The predicted octanol–water partition coefficient (Wildman–Crippen LogP) is 2.37. The summed E-state index contributed by atoms with van der Waals surface area (Å²) >= 11 is 0. The fourth-order valence-electron chi connectivity index (χ4n) is 1.05. The molecular weight excluding hydrogens is 231 g/mol. The highest BCUT2D eigenvalue weighted by Gasteiger charge is 2.21. The summed E-state index contributed by atoms with van der Waals surface area (Å²) in [5.74, 6) is -0.334. The van der Waals surface area contributed by atoms with Crippen LogP contribution in [0.25, 0.3) is 0 Å². The van der Waals surface area contributed by atoms with Crippen molar-refractivity contribution in [1.29, 1.82) is 0 Å². The molecule has 0 radical (unpaired) electrons. The monoisotopic (exact) mass is 250 g/mol. The Morgan fingerprint density at radius 1 is 1.50 bits per heavy atom. The molecule has 0 rings (SSSR count). The summed E-state index contributed by atoms with van der Waals surface area (Å²) in [5, 5.41) is 0. The largest absolute Gasteiger partial charge is 0.461 e. The lowest BCUT2D eigenvalue weighted by atomic mass is 10.3. The zero-order chi connectivity index (χ0) is 12.4. The molecule has 0 amide bonds. The highest BCUT2D eigenvalue weighted by Crippen LogP contribution is 2.47. The third-order valence-electron chi connectivity index (χ3n) is 1.78. The second-order valence-electron chi connectivity index (χ2n) is 3.01. The molecule has 16 heavy (non-hydrogen) atoms. The normalized spacial score (nSPS) is 14.1. The van der Waals surface area contributed by atoms with Gasteiger partial charge in [0.25, 0.3) is 0 Å². The molecular formula is C10H19O5P. The topological polar surface area (TPSA) is 61.8 Å². The highest BCUT2D eigenvalue weighted by molar-refractivity contribution is 7.53. The third-order valence-corrected chi connectivity index (χ3v) is 3.85. The van der Waals surface area contributed by atoms with Crippen molar-refractivity contribution in [2.24, 2.45) is 0 Å². The van der Waals surface area contributed by atoms with Crippen molar-refractivity contribution in [2.75, 3.05) is 26.5 Å². The SMILES string of the molecule is C=CCOC(=O)CCC[P@@](=O)(OC)OCC. The summed E-state index contributed by atoms with van der Waals surface area (Å²) in [6, 6.07) is 0. The van der Waals surface area contributed by atoms with Crippen LogP contribution in [0.1, 0.15) is 19.8 Å². The first-order valence-electron chi connectivity index (χ1n) is 5.13. The molecule has 0 aromatic heterocycles. The zero-order valence-corrected chi connectivity index (χ0v) is 10.7. The van der Waals surface area contributed by atoms with Gasteiger partial charge in [0.15, 0.2) is 0 Å². The molecule has 0 saturated heterocycles. The van der Waals surface area contributed by atoms with Crippen molar-refractivity contribution in [3.63, 3.8) is 0 Å². The molecule has 0 bridgehead atoms. The molecule has 0 saturated carbocycles. The number of hydrogen-bond acceptors (Lipinski definition) is 5. The number of carbonyl (C=O) groups is 1. The van der Waals surface area contributed by atoms with Gasteiger partial charge in [0, 0.05) is 13.5 Å².